The third-order valence-corrected chi connectivity index (χ3v) is 5.02. The largest absolute Gasteiger partial charge is 0.315 e. The van der Waals surface area contributed by atoms with Crippen molar-refractivity contribution in [1.82, 2.24) is 15.2 Å². The normalized spacial score (nSPS) is 17.3. The summed E-state index contributed by atoms with van der Waals surface area (Å²) in [6, 6.07) is 22.0. The van der Waals surface area contributed by atoms with Crippen molar-refractivity contribution in [1.29, 1.82) is 0 Å². The second-order valence-electron chi connectivity index (χ2n) is 6.85. The number of nitrogens with zero attached hydrogens (tertiary/aromatic N) is 2. The van der Waals surface area contributed by atoms with E-state index in [-0.39, 0.29) is 6.04 Å². The van der Waals surface area contributed by atoms with Crippen molar-refractivity contribution in [3.8, 4) is 0 Å². The molecule has 128 valence electrons. The van der Waals surface area contributed by atoms with Gasteiger partial charge in [0, 0.05) is 25.3 Å². The van der Waals surface area contributed by atoms with Crippen LogP contribution >= 0.6 is 0 Å². The highest BCUT2D eigenvalue weighted by atomic mass is 15.2. The molecule has 1 saturated heterocycles. The van der Waals surface area contributed by atoms with Gasteiger partial charge in [-0.3, -0.25) is 9.88 Å². The van der Waals surface area contributed by atoms with Crippen LogP contribution in [0, 0.1) is 6.92 Å². The van der Waals surface area contributed by atoms with Crippen LogP contribution in [-0.2, 0) is 0 Å². The number of hydrogen-bond donors (Lipinski definition) is 1. The molecule has 0 radical (unpaired) electrons. The average molecular weight is 331 g/mol. The summed E-state index contributed by atoms with van der Waals surface area (Å²) >= 11 is 0. The third-order valence-electron chi connectivity index (χ3n) is 5.02. The van der Waals surface area contributed by atoms with Crippen molar-refractivity contribution in [2.45, 2.75) is 19.4 Å². The van der Waals surface area contributed by atoms with E-state index in [4.69, 9.17) is 4.98 Å². The van der Waals surface area contributed by atoms with E-state index in [0.717, 1.165) is 37.6 Å². The Balaban J connectivity index is 1.80. The summed E-state index contributed by atoms with van der Waals surface area (Å²) in [5.41, 5.74) is 3.56. The molecule has 1 aliphatic rings. The van der Waals surface area contributed by atoms with E-state index in [1.165, 1.54) is 22.8 Å². The highest BCUT2D eigenvalue weighted by Gasteiger charge is 2.24. The lowest BCUT2D eigenvalue weighted by molar-refractivity contribution is 0.237. The summed E-state index contributed by atoms with van der Waals surface area (Å²) in [5.74, 6) is 0. The van der Waals surface area contributed by atoms with Crippen LogP contribution < -0.4 is 5.32 Å². The monoisotopic (exact) mass is 331 g/mol. The number of pyridine rings is 1. The van der Waals surface area contributed by atoms with Gasteiger partial charge < -0.3 is 5.32 Å². The van der Waals surface area contributed by atoms with Crippen LogP contribution in [-0.4, -0.2) is 36.1 Å². The lowest BCUT2D eigenvalue weighted by atomic mass is 9.97. The van der Waals surface area contributed by atoms with Gasteiger partial charge in [-0.05, 0) is 54.4 Å². The average Bonchev–Trinajstić information content (AvgIpc) is 2.91. The zero-order valence-electron chi connectivity index (χ0n) is 14.8. The van der Waals surface area contributed by atoms with E-state index in [2.05, 4.69) is 77.8 Å². The summed E-state index contributed by atoms with van der Waals surface area (Å²) in [7, 11) is 0. The smallest absolute Gasteiger partial charge is 0.0777 e. The lowest BCUT2D eigenvalue weighted by Gasteiger charge is -2.31. The van der Waals surface area contributed by atoms with Crippen molar-refractivity contribution in [2.75, 3.05) is 26.2 Å². The number of hydrogen-bond acceptors (Lipinski definition) is 3. The van der Waals surface area contributed by atoms with Crippen LogP contribution in [0.4, 0.5) is 0 Å². The molecular weight excluding hydrogens is 306 g/mol. The SMILES string of the molecule is Cc1cccc(C(c2ccc3ccccc3c2)N2CCCNCC2)n1. The molecule has 3 nitrogen and oxygen atoms in total. The third kappa shape index (κ3) is 3.58. The molecule has 2 aromatic carbocycles. The number of fused-ring (bicyclic) bond motifs is 1. The lowest BCUT2D eigenvalue weighted by Crippen LogP contribution is -2.33. The molecule has 0 spiro atoms. The van der Waals surface area contributed by atoms with Crippen LogP contribution in [0.2, 0.25) is 0 Å². The van der Waals surface area contributed by atoms with Gasteiger partial charge >= 0.3 is 0 Å². The summed E-state index contributed by atoms with van der Waals surface area (Å²) < 4.78 is 0. The molecule has 4 rings (SSSR count). The molecule has 1 atom stereocenters. The minimum absolute atomic E-state index is 0.212. The van der Waals surface area contributed by atoms with Crippen LogP contribution in [0.15, 0.2) is 60.7 Å². The molecule has 3 heteroatoms. The quantitative estimate of drug-likeness (QED) is 0.788. The number of rotatable bonds is 3. The number of aryl methyl sites for hydroxylation is 1. The first-order valence-corrected chi connectivity index (χ1v) is 9.18. The molecule has 3 aromatic rings. The fraction of sp³-hybridized carbons (Fsp3) is 0.318. The fourth-order valence-corrected chi connectivity index (χ4v) is 3.79. The maximum Gasteiger partial charge on any atom is 0.0777 e. The van der Waals surface area contributed by atoms with Crippen molar-refractivity contribution < 1.29 is 0 Å². The van der Waals surface area contributed by atoms with Crippen molar-refractivity contribution >= 4 is 10.8 Å². The second-order valence-corrected chi connectivity index (χ2v) is 6.85. The van der Waals surface area contributed by atoms with E-state index in [1.807, 2.05) is 0 Å². The maximum absolute atomic E-state index is 4.87. The Bertz CT molecular complexity index is 851. The van der Waals surface area contributed by atoms with Gasteiger partial charge in [-0.2, -0.15) is 0 Å². The molecule has 1 aliphatic heterocycles. The van der Waals surface area contributed by atoms with Gasteiger partial charge in [0.15, 0.2) is 0 Å². The van der Waals surface area contributed by atoms with E-state index >= 15 is 0 Å². The van der Waals surface area contributed by atoms with Gasteiger partial charge in [-0.15, -0.1) is 0 Å². The Morgan fingerprint density at radius 3 is 2.68 bits per heavy atom. The zero-order valence-corrected chi connectivity index (χ0v) is 14.8. The first kappa shape index (κ1) is 16.2. The molecule has 0 aliphatic carbocycles. The molecule has 1 unspecified atom stereocenters. The van der Waals surface area contributed by atoms with Gasteiger partial charge in [0.1, 0.15) is 0 Å². The minimum atomic E-state index is 0.212. The van der Waals surface area contributed by atoms with Crippen LogP contribution in [0.5, 0.6) is 0 Å². The molecule has 0 amide bonds. The van der Waals surface area contributed by atoms with E-state index in [1.54, 1.807) is 0 Å². The molecule has 0 bridgehead atoms. The van der Waals surface area contributed by atoms with Crippen molar-refractivity contribution in [3.63, 3.8) is 0 Å². The van der Waals surface area contributed by atoms with Gasteiger partial charge in [0.2, 0.25) is 0 Å². The van der Waals surface area contributed by atoms with Crippen molar-refractivity contribution in [3.05, 3.63) is 77.6 Å². The second kappa shape index (κ2) is 7.34. The number of benzene rings is 2. The van der Waals surface area contributed by atoms with Crippen molar-refractivity contribution in [2.24, 2.45) is 0 Å². The van der Waals surface area contributed by atoms with Gasteiger partial charge in [0.25, 0.3) is 0 Å². The first-order chi connectivity index (χ1) is 12.3. The molecular formula is C22H25N3. The molecule has 1 aromatic heterocycles. The molecule has 25 heavy (non-hydrogen) atoms. The van der Waals surface area contributed by atoms with E-state index in [9.17, 15) is 0 Å². The molecule has 1 fully saturated rings. The summed E-state index contributed by atoms with van der Waals surface area (Å²) in [6.07, 6.45) is 1.18. The maximum atomic E-state index is 4.87. The van der Waals surface area contributed by atoms with Crippen LogP contribution in [0.1, 0.15) is 29.4 Å². The van der Waals surface area contributed by atoms with Gasteiger partial charge in [0.05, 0.1) is 11.7 Å². The van der Waals surface area contributed by atoms with Gasteiger partial charge in [-0.1, -0.05) is 42.5 Å². The van der Waals surface area contributed by atoms with Crippen LogP contribution in [0.25, 0.3) is 10.8 Å². The Labute approximate surface area is 149 Å². The number of nitrogens with one attached hydrogen (secondary N) is 1. The predicted octanol–water partition coefficient (Wildman–Crippen LogP) is 3.93. The van der Waals surface area contributed by atoms with Gasteiger partial charge in [-0.25, -0.2) is 0 Å². The minimum Gasteiger partial charge on any atom is -0.315 e. The predicted molar refractivity (Wildman–Crippen MR) is 104 cm³/mol. The molecule has 2 heterocycles. The zero-order chi connectivity index (χ0) is 17.1. The Morgan fingerprint density at radius 2 is 1.80 bits per heavy atom. The molecule has 1 N–H and O–H groups in total. The van der Waals surface area contributed by atoms with E-state index < -0.39 is 0 Å². The topological polar surface area (TPSA) is 28.2 Å². The summed E-state index contributed by atoms with van der Waals surface area (Å²) in [4.78, 5) is 7.45. The summed E-state index contributed by atoms with van der Waals surface area (Å²) in [6.45, 7) is 6.36. The first-order valence-electron chi connectivity index (χ1n) is 9.18. The summed E-state index contributed by atoms with van der Waals surface area (Å²) in [5, 5.41) is 6.10. The highest BCUT2D eigenvalue weighted by molar-refractivity contribution is 5.83. The Morgan fingerprint density at radius 1 is 0.920 bits per heavy atom. The Kier molecular flexibility index (Phi) is 4.77. The molecule has 0 saturated carbocycles. The number of aromatic nitrogens is 1. The Hall–Kier alpha value is -2.23. The van der Waals surface area contributed by atoms with Crippen LogP contribution in [0.3, 0.4) is 0 Å². The highest BCUT2D eigenvalue weighted by Crippen LogP contribution is 2.30. The standard InChI is InChI=1S/C22H25N3/c1-17-6-4-9-21(24-17)22(25-14-5-12-23-13-15-25)20-11-10-18-7-2-3-8-19(18)16-20/h2-4,6-11,16,22-23H,5,12-15H2,1H3. The van der Waals surface area contributed by atoms with E-state index in [0.29, 0.717) is 0 Å². The fourth-order valence-electron chi connectivity index (χ4n) is 3.79.